The normalized spacial score (nSPS) is 12.2. The third-order valence-corrected chi connectivity index (χ3v) is 3.81. The Balaban J connectivity index is 1.82. The summed E-state index contributed by atoms with van der Waals surface area (Å²) in [5.74, 6) is -0.902. The molecule has 2 aromatic carbocycles. The molecule has 2 N–H and O–H groups in total. The van der Waals surface area contributed by atoms with E-state index in [-0.39, 0.29) is 16.3 Å². The fourth-order valence-corrected chi connectivity index (χ4v) is 2.59. The lowest BCUT2D eigenvalue weighted by atomic mass is 10.1. The Morgan fingerprint density at radius 2 is 1.92 bits per heavy atom. The van der Waals surface area contributed by atoms with Crippen LogP contribution >= 0.6 is 11.6 Å². The predicted octanol–water partition coefficient (Wildman–Crippen LogP) is 3.63. The van der Waals surface area contributed by atoms with Gasteiger partial charge in [-0.3, -0.25) is 9.59 Å². The van der Waals surface area contributed by atoms with Crippen LogP contribution in [0.4, 0.5) is 15.8 Å². The molecule has 1 aliphatic rings. The number of nitrogens with one attached hydrogen (secondary N) is 2. The SMILES string of the molecule is C=CC(=O)Nc1cc(NC(=O)c2cc(Cl)c3c(c2)OCCO3)ccc1F. The number of carbonyl (C=O) groups excluding carboxylic acids is 2. The molecule has 0 atom stereocenters. The monoisotopic (exact) mass is 376 g/mol. The molecule has 0 saturated carbocycles. The first-order chi connectivity index (χ1) is 12.5. The van der Waals surface area contributed by atoms with E-state index in [4.69, 9.17) is 21.1 Å². The first-order valence-electron chi connectivity index (χ1n) is 7.61. The Kier molecular flexibility index (Phi) is 5.09. The van der Waals surface area contributed by atoms with E-state index in [1.807, 2.05) is 0 Å². The zero-order chi connectivity index (χ0) is 18.7. The highest BCUT2D eigenvalue weighted by Crippen LogP contribution is 2.38. The highest BCUT2D eigenvalue weighted by Gasteiger charge is 2.19. The molecule has 6 nitrogen and oxygen atoms in total. The zero-order valence-corrected chi connectivity index (χ0v) is 14.2. The third kappa shape index (κ3) is 3.78. The van der Waals surface area contributed by atoms with Crippen LogP contribution in [0.15, 0.2) is 43.0 Å². The van der Waals surface area contributed by atoms with Crippen LogP contribution in [0.3, 0.4) is 0 Å². The lowest BCUT2D eigenvalue weighted by Gasteiger charge is -2.20. The van der Waals surface area contributed by atoms with Crippen LogP contribution < -0.4 is 20.1 Å². The van der Waals surface area contributed by atoms with Crippen LogP contribution in [-0.4, -0.2) is 25.0 Å². The predicted molar refractivity (Wildman–Crippen MR) is 95.6 cm³/mol. The Bertz CT molecular complexity index is 901. The molecule has 0 saturated heterocycles. The molecule has 0 unspecified atom stereocenters. The molecule has 0 aliphatic carbocycles. The van der Waals surface area contributed by atoms with E-state index in [9.17, 15) is 14.0 Å². The Hall–Kier alpha value is -3.06. The minimum absolute atomic E-state index is 0.0760. The number of ether oxygens (including phenoxy) is 2. The van der Waals surface area contributed by atoms with Gasteiger partial charge in [0.15, 0.2) is 11.5 Å². The molecule has 2 amide bonds. The van der Waals surface area contributed by atoms with E-state index < -0.39 is 17.6 Å². The number of anilines is 2. The second-order valence-corrected chi connectivity index (χ2v) is 5.73. The van der Waals surface area contributed by atoms with Gasteiger partial charge < -0.3 is 20.1 Å². The number of fused-ring (bicyclic) bond motifs is 1. The molecule has 26 heavy (non-hydrogen) atoms. The van der Waals surface area contributed by atoms with Crippen molar-refractivity contribution < 1.29 is 23.5 Å². The summed E-state index contributed by atoms with van der Waals surface area (Å²) in [6, 6.07) is 6.77. The van der Waals surface area contributed by atoms with Crippen LogP contribution in [0.25, 0.3) is 0 Å². The maximum absolute atomic E-state index is 13.8. The van der Waals surface area contributed by atoms with Gasteiger partial charge in [-0.15, -0.1) is 0 Å². The van der Waals surface area contributed by atoms with Gasteiger partial charge in [-0.25, -0.2) is 4.39 Å². The summed E-state index contributed by atoms with van der Waals surface area (Å²) in [6.07, 6.45) is 1.02. The number of benzene rings is 2. The molecular weight excluding hydrogens is 363 g/mol. The molecular formula is C18H14ClFN2O4. The number of halogens is 2. The van der Waals surface area contributed by atoms with Crippen LogP contribution in [0, 0.1) is 5.82 Å². The Morgan fingerprint density at radius 3 is 2.69 bits per heavy atom. The number of hydrogen-bond donors (Lipinski definition) is 2. The second kappa shape index (κ2) is 7.45. The number of carbonyl (C=O) groups is 2. The fraction of sp³-hybridized carbons (Fsp3) is 0.111. The van der Waals surface area contributed by atoms with Gasteiger partial charge in [-0.2, -0.15) is 0 Å². The molecule has 2 aromatic rings. The van der Waals surface area contributed by atoms with Gasteiger partial charge in [0.05, 0.1) is 10.7 Å². The van der Waals surface area contributed by atoms with Crippen LogP contribution in [0.5, 0.6) is 11.5 Å². The molecule has 0 aromatic heterocycles. The maximum atomic E-state index is 13.8. The summed E-state index contributed by atoms with van der Waals surface area (Å²) in [4.78, 5) is 23.8. The van der Waals surface area contributed by atoms with Gasteiger partial charge in [0.25, 0.3) is 5.91 Å². The maximum Gasteiger partial charge on any atom is 0.255 e. The standard InChI is InChI=1S/C18H14ClFN2O4/c1-2-16(23)22-14-9-11(3-4-13(14)20)21-18(24)10-7-12(19)17-15(8-10)25-5-6-26-17/h2-4,7-9H,1,5-6H2,(H,21,24)(H,22,23). The second-order valence-electron chi connectivity index (χ2n) is 5.32. The summed E-state index contributed by atoms with van der Waals surface area (Å²) in [6.45, 7) is 4.04. The van der Waals surface area contributed by atoms with Crippen molar-refractivity contribution in [2.45, 2.75) is 0 Å². The van der Waals surface area contributed by atoms with E-state index in [1.54, 1.807) is 0 Å². The van der Waals surface area contributed by atoms with Crippen molar-refractivity contribution in [1.82, 2.24) is 0 Å². The third-order valence-electron chi connectivity index (χ3n) is 3.53. The lowest BCUT2D eigenvalue weighted by molar-refractivity contribution is -0.111. The molecule has 0 fully saturated rings. The van der Waals surface area contributed by atoms with Gasteiger partial charge in [0.1, 0.15) is 19.0 Å². The van der Waals surface area contributed by atoms with Crippen molar-refractivity contribution in [3.8, 4) is 11.5 Å². The largest absolute Gasteiger partial charge is 0.486 e. The Morgan fingerprint density at radius 1 is 1.15 bits per heavy atom. The lowest BCUT2D eigenvalue weighted by Crippen LogP contribution is -2.18. The van der Waals surface area contributed by atoms with Gasteiger partial charge in [0.2, 0.25) is 5.91 Å². The molecule has 0 bridgehead atoms. The van der Waals surface area contributed by atoms with E-state index in [1.165, 1.54) is 24.3 Å². The van der Waals surface area contributed by atoms with Crippen molar-refractivity contribution >= 4 is 34.8 Å². The number of rotatable bonds is 4. The molecule has 1 heterocycles. The summed E-state index contributed by atoms with van der Waals surface area (Å²) < 4.78 is 24.6. The summed E-state index contributed by atoms with van der Waals surface area (Å²) in [7, 11) is 0. The molecule has 1 aliphatic heterocycles. The van der Waals surface area contributed by atoms with Gasteiger partial charge in [0, 0.05) is 11.3 Å². The summed E-state index contributed by atoms with van der Waals surface area (Å²) >= 11 is 6.12. The van der Waals surface area contributed by atoms with E-state index in [2.05, 4.69) is 17.2 Å². The van der Waals surface area contributed by atoms with Gasteiger partial charge in [-0.05, 0) is 36.4 Å². The molecule has 8 heteroatoms. The minimum Gasteiger partial charge on any atom is -0.486 e. The topological polar surface area (TPSA) is 76.7 Å². The highest BCUT2D eigenvalue weighted by atomic mass is 35.5. The summed E-state index contributed by atoms with van der Waals surface area (Å²) in [5.41, 5.74) is 0.468. The fourth-order valence-electron chi connectivity index (χ4n) is 2.33. The Labute approximate surface area is 153 Å². The first kappa shape index (κ1) is 17.8. The quantitative estimate of drug-likeness (QED) is 0.799. The van der Waals surface area contributed by atoms with E-state index in [0.717, 1.165) is 12.1 Å². The first-order valence-corrected chi connectivity index (χ1v) is 7.99. The van der Waals surface area contributed by atoms with E-state index in [0.29, 0.717) is 30.4 Å². The smallest absolute Gasteiger partial charge is 0.255 e. The van der Waals surface area contributed by atoms with Gasteiger partial charge in [-0.1, -0.05) is 18.2 Å². The zero-order valence-electron chi connectivity index (χ0n) is 13.5. The van der Waals surface area contributed by atoms with Crippen LogP contribution in [0.2, 0.25) is 5.02 Å². The minimum atomic E-state index is -0.638. The average Bonchev–Trinajstić information content (AvgIpc) is 2.64. The van der Waals surface area contributed by atoms with Crippen LogP contribution in [0.1, 0.15) is 10.4 Å². The van der Waals surface area contributed by atoms with Crippen molar-refractivity contribution in [2.24, 2.45) is 0 Å². The van der Waals surface area contributed by atoms with Crippen LogP contribution in [-0.2, 0) is 4.79 Å². The molecule has 0 radical (unpaired) electrons. The van der Waals surface area contributed by atoms with Gasteiger partial charge >= 0.3 is 0 Å². The van der Waals surface area contributed by atoms with Crippen molar-refractivity contribution in [3.05, 3.63) is 59.4 Å². The van der Waals surface area contributed by atoms with Crippen molar-refractivity contribution in [2.75, 3.05) is 23.8 Å². The molecule has 3 rings (SSSR count). The summed E-state index contributed by atoms with van der Waals surface area (Å²) in [5, 5.41) is 5.19. The molecule has 134 valence electrons. The van der Waals surface area contributed by atoms with Crippen molar-refractivity contribution in [3.63, 3.8) is 0 Å². The number of hydrogen-bond acceptors (Lipinski definition) is 4. The number of amides is 2. The van der Waals surface area contributed by atoms with E-state index >= 15 is 0 Å². The van der Waals surface area contributed by atoms with Crippen molar-refractivity contribution in [1.29, 1.82) is 0 Å². The molecule has 0 spiro atoms. The average molecular weight is 377 g/mol. The highest BCUT2D eigenvalue weighted by molar-refractivity contribution is 6.32.